The molecule has 0 saturated heterocycles. The number of carbonyl (C=O) groups excluding carboxylic acids is 1. The van der Waals surface area contributed by atoms with Crippen LogP contribution in [0.15, 0.2) is 18.2 Å². The molecule has 0 heterocycles. The van der Waals surface area contributed by atoms with E-state index in [1.165, 1.54) is 6.07 Å². The van der Waals surface area contributed by atoms with Crippen LogP contribution in [0.2, 0.25) is 5.02 Å². The number of benzene rings is 1. The predicted molar refractivity (Wildman–Crippen MR) is 82.6 cm³/mol. The fraction of sp³-hybridized carbons (Fsp3) is 0.385. The zero-order valence-corrected chi connectivity index (χ0v) is 13.6. The van der Waals surface area contributed by atoms with E-state index in [1.54, 1.807) is 26.0 Å². The summed E-state index contributed by atoms with van der Waals surface area (Å²) in [5.41, 5.74) is -0.844. The van der Waals surface area contributed by atoms with E-state index < -0.39 is 17.4 Å². The molecule has 0 spiro atoms. The first-order valence-corrected chi connectivity index (χ1v) is 7.33. The molecule has 0 radical (unpaired) electrons. The normalized spacial score (nSPS) is 11.2. The van der Waals surface area contributed by atoms with Crippen LogP contribution < -0.4 is 5.32 Å². The molecule has 1 aromatic carbocycles. The van der Waals surface area contributed by atoms with Crippen molar-refractivity contribution < 1.29 is 14.7 Å². The highest BCUT2D eigenvalue weighted by molar-refractivity contribution is 14.1. The Hall–Kier alpha value is -0.820. The molecular formula is C13H15ClINO3. The zero-order valence-electron chi connectivity index (χ0n) is 10.7. The van der Waals surface area contributed by atoms with Gasteiger partial charge in [0.15, 0.2) is 0 Å². The van der Waals surface area contributed by atoms with Crippen LogP contribution in [0.4, 0.5) is 0 Å². The minimum atomic E-state index is -1.23. The van der Waals surface area contributed by atoms with Crippen LogP contribution >= 0.6 is 34.2 Å². The van der Waals surface area contributed by atoms with Crippen molar-refractivity contribution in [2.24, 2.45) is 0 Å². The van der Waals surface area contributed by atoms with Crippen LogP contribution in [0.25, 0.3) is 0 Å². The molecule has 0 aliphatic carbocycles. The summed E-state index contributed by atoms with van der Waals surface area (Å²) in [6, 6.07) is 4.94. The van der Waals surface area contributed by atoms with Crippen molar-refractivity contribution in [3.8, 4) is 0 Å². The number of rotatable bonds is 5. The van der Waals surface area contributed by atoms with Gasteiger partial charge in [0.2, 0.25) is 0 Å². The molecule has 1 amide bonds. The standard InChI is InChI=1S/C13H15ClINO3/c1-3-13(4-2,12(18)19)16-11(17)9-7-8(14)5-6-10(9)15/h5-7H,3-4H2,1-2H3,(H,16,17)(H,18,19). The topological polar surface area (TPSA) is 66.4 Å². The lowest BCUT2D eigenvalue weighted by Crippen LogP contribution is -2.53. The fourth-order valence-electron chi connectivity index (χ4n) is 1.74. The largest absolute Gasteiger partial charge is 0.480 e. The van der Waals surface area contributed by atoms with Crippen LogP contribution in [-0.2, 0) is 4.79 Å². The SMILES string of the molecule is CCC(CC)(NC(=O)c1cc(Cl)ccc1I)C(=O)O. The molecule has 0 aromatic heterocycles. The second-order valence-electron chi connectivity index (χ2n) is 4.17. The van der Waals surface area contributed by atoms with Gasteiger partial charge in [-0.25, -0.2) is 4.79 Å². The van der Waals surface area contributed by atoms with Gasteiger partial charge in [0.25, 0.3) is 5.91 Å². The van der Waals surface area contributed by atoms with Gasteiger partial charge in [-0.3, -0.25) is 4.79 Å². The molecule has 0 unspecified atom stereocenters. The summed E-state index contributed by atoms with van der Waals surface area (Å²) in [4.78, 5) is 23.6. The van der Waals surface area contributed by atoms with E-state index in [4.69, 9.17) is 11.6 Å². The van der Waals surface area contributed by atoms with Crippen molar-refractivity contribution in [3.05, 3.63) is 32.4 Å². The number of carboxylic acids is 1. The molecule has 1 rings (SSSR count). The van der Waals surface area contributed by atoms with E-state index in [0.29, 0.717) is 23.4 Å². The van der Waals surface area contributed by atoms with Crippen molar-refractivity contribution in [2.45, 2.75) is 32.2 Å². The van der Waals surface area contributed by atoms with Crippen molar-refractivity contribution in [1.29, 1.82) is 0 Å². The molecule has 104 valence electrons. The Bertz CT molecular complexity index is 501. The molecule has 0 atom stereocenters. The van der Waals surface area contributed by atoms with E-state index in [1.807, 2.05) is 22.6 Å². The Morgan fingerprint density at radius 3 is 2.42 bits per heavy atom. The van der Waals surface area contributed by atoms with Crippen molar-refractivity contribution >= 4 is 46.1 Å². The summed E-state index contributed by atoms with van der Waals surface area (Å²) < 4.78 is 0.728. The van der Waals surface area contributed by atoms with Gasteiger partial charge >= 0.3 is 5.97 Å². The molecule has 0 aliphatic heterocycles. The molecule has 19 heavy (non-hydrogen) atoms. The third-order valence-electron chi connectivity index (χ3n) is 3.14. The van der Waals surface area contributed by atoms with Gasteiger partial charge in [0, 0.05) is 8.59 Å². The summed E-state index contributed by atoms with van der Waals surface area (Å²) in [5.74, 6) is -1.44. The Kier molecular flexibility index (Phi) is 5.61. The maximum absolute atomic E-state index is 12.2. The van der Waals surface area contributed by atoms with Crippen LogP contribution in [0.5, 0.6) is 0 Å². The van der Waals surface area contributed by atoms with E-state index in [9.17, 15) is 14.7 Å². The number of carboxylic acid groups (broad SMARTS) is 1. The summed E-state index contributed by atoms with van der Waals surface area (Å²) in [6.07, 6.45) is 0.642. The van der Waals surface area contributed by atoms with Gasteiger partial charge in [-0.2, -0.15) is 0 Å². The third-order valence-corrected chi connectivity index (χ3v) is 4.32. The average Bonchev–Trinajstić information content (AvgIpc) is 2.38. The van der Waals surface area contributed by atoms with E-state index >= 15 is 0 Å². The monoisotopic (exact) mass is 395 g/mol. The van der Waals surface area contributed by atoms with Crippen molar-refractivity contribution in [1.82, 2.24) is 5.32 Å². The molecular weight excluding hydrogens is 381 g/mol. The van der Waals surface area contributed by atoms with Crippen molar-refractivity contribution in [3.63, 3.8) is 0 Å². The summed E-state index contributed by atoms with van der Waals surface area (Å²) in [6.45, 7) is 3.47. The van der Waals surface area contributed by atoms with Crippen molar-refractivity contribution in [2.75, 3.05) is 0 Å². The van der Waals surface area contributed by atoms with Crippen LogP contribution in [-0.4, -0.2) is 22.5 Å². The number of aliphatic carboxylic acids is 1. The fourth-order valence-corrected chi connectivity index (χ4v) is 2.49. The minimum Gasteiger partial charge on any atom is -0.480 e. The van der Waals surface area contributed by atoms with Gasteiger partial charge in [-0.05, 0) is 53.6 Å². The minimum absolute atomic E-state index is 0.321. The first-order valence-electron chi connectivity index (χ1n) is 5.87. The van der Waals surface area contributed by atoms with Gasteiger partial charge in [-0.15, -0.1) is 0 Å². The molecule has 0 aliphatic rings. The molecule has 0 fully saturated rings. The zero-order chi connectivity index (χ0) is 14.6. The quantitative estimate of drug-likeness (QED) is 0.752. The number of nitrogens with one attached hydrogen (secondary N) is 1. The average molecular weight is 396 g/mol. The Morgan fingerprint density at radius 2 is 1.95 bits per heavy atom. The second-order valence-corrected chi connectivity index (χ2v) is 5.77. The highest BCUT2D eigenvalue weighted by Gasteiger charge is 2.36. The molecule has 0 bridgehead atoms. The lowest BCUT2D eigenvalue weighted by atomic mass is 9.92. The van der Waals surface area contributed by atoms with E-state index in [-0.39, 0.29) is 0 Å². The van der Waals surface area contributed by atoms with Gasteiger partial charge < -0.3 is 10.4 Å². The maximum atomic E-state index is 12.2. The van der Waals surface area contributed by atoms with Crippen LogP contribution in [0.1, 0.15) is 37.0 Å². The Morgan fingerprint density at radius 1 is 1.37 bits per heavy atom. The van der Waals surface area contributed by atoms with E-state index in [2.05, 4.69) is 5.32 Å². The number of carbonyl (C=O) groups is 2. The third kappa shape index (κ3) is 3.60. The van der Waals surface area contributed by atoms with Gasteiger partial charge in [-0.1, -0.05) is 25.4 Å². The van der Waals surface area contributed by atoms with Gasteiger partial charge in [0.05, 0.1) is 5.56 Å². The highest BCUT2D eigenvalue weighted by atomic mass is 127. The second kappa shape index (κ2) is 6.56. The lowest BCUT2D eigenvalue weighted by Gasteiger charge is -2.28. The molecule has 4 nitrogen and oxygen atoms in total. The lowest BCUT2D eigenvalue weighted by molar-refractivity contribution is -0.144. The Labute approximate surface area is 130 Å². The van der Waals surface area contributed by atoms with Crippen LogP contribution in [0, 0.1) is 3.57 Å². The Balaban J connectivity index is 3.07. The van der Waals surface area contributed by atoms with Crippen LogP contribution in [0.3, 0.4) is 0 Å². The van der Waals surface area contributed by atoms with E-state index in [0.717, 1.165) is 3.57 Å². The first-order chi connectivity index (χ1) is 8.86. The number of hydrogen-bond acceptors (Lipinski definition) is 2. The summed E-state index contributed by atoms with van der Waals surface area (Å²) in [5, 5.41) is 12.4. The number of hydrogen-bond donors (Lipinski definition) is 2. The maximum Gasteiger partial charge on any atom is 0.329 e. The highest BCUT2D eigenvalue weighted by Crippen LogP contribution is 2.21. The summed E-state index contributed by atoms with van der Waals surface area (Å²) >= 11 is 7.88. The smallest absolute Gasteiger partial charge is 0.329 e. The molecule has 6 heteroatoms. The number of halogens is 2. The number of amides is 1. The summed E-state index contributed by atoms with van der Waals surface area (Å²) in [7, 11) is 0. The predicted octanol–water partition coefficient (Wildman–Crippen LogP) is 3.32. The van der Waals surface area contributed by atoms with Gasteiger partial charge in [0.1, 0.15) is 5.54 Å². The molecule has 0 saturated carbocycles. The molecule has 1 aromatic rings. The molecule has 2 N–H and O–H groups in total. The first kappa shape index (κ1) is 16.2.